The van der Waals surface area contributed by atoms with Crippen molar-refractivity contribution in [2.45, 2.75) is 26.3 Å². The smallest absolute Gasteiger partial charge is 0.338 e. The average molecular weight is 504 g/mol. The normalized spacial score (nSPS) is 10.8. The molecule has 0 saturated heterocycles. The summed E-state index contributed by atoms with van der Waals surface area (Å²) < 4.78 is 34.2. The number of hydrogen-bond acceptors (Lipinski definition) is 4. The van der Waals surface area contributed by atoms with E-state index in [9.17, 15) is 18.4 Å². The maximum absolute atomic E-state index is 14.0. The van der Waals surface area contributed by atoms with E-state index in [4.69, 9.17) is 4.74 Å². The van der Waals surface area contributed by atoms with Crippen LogP contribution in [0.5, 0.6) is 0 Å². The van der Waals surface area contributed by atoms with E-state index in [1.54, 1.807) is 72.1 Å². The second-order valence-electron chi connectivity index (χ2n) is 8.59. The fourth-order valence-electron chi connectivity index (χ4n) is 3.98. The lowest BCUT2D eigenvalue weighted by molar-refractivity contribution is -0.130. The Morgan fingerprint density at radius 2 is 1.65 bits per heavy atom. The van der Waals surface area contributed by atoms with Crippen molar-refractivity contribution in [3.63, 3.8) is 0 Å². The molecule has 190 valence electrons. The van der Waals surface area contributed by atoms with Crippen LogP contribution in [0.3, 0.4) is 0 Å². The second kappa shape index (κ2) is 11.6. The number of aryl methyl sites for hydroxylation is 1. The maximum Gasteiger partial charge on any atom is 0.338 e. The molecule has 4 rings (SSSR count). The minimum atomic E-state index is -0.415. The SMILES string of the molecule is CCOC(=O)c1ccc(-n2nc(CCC(=O)N(C)Cc3cccc(F)c3)cc2-c2cccc(F)c2)cc1. The Balaban J connectivity index is 1.55. The number of benzene rings is 3. The summed E-state index contributed by atoms with van der Waals surface area (Å²) in [6, 6.07) is 20.9. The fraction of sp³-hybridized carbons (Fsp3) is 0.207. The minimum absolute atomic E-state index is 0.107. The van der Waals surface area contributed by atoms with E-state index in [1.807, 2.05) is 6.07 Å². The maximum atomic E-state index is 14.0. The standard InChI is InChI=1S/C29H27F2N3O3/c1-3-37-29(36)21-10-13-26(14-11-21)34-27(22-7-5-9-24(31)17-22)18-25(32-34)12-15-28(35)33(2)19-20-6-4-8-23(30)16-20/h4-11,13-14,16-18H,3,12,15,19H2,1-2H3. The molecule has 1 heterocycles. The summed E-state index contributed by atoms with van der Waals surface area (Å²) in [6.45, 7) is 2.32. The second-order valence-corrected chi connectivity index (χ2v) is 8.59. The average Bonchev–Trinajstić information content (AvgIpc) is 3.32. The van der Waals surface area contributed by atoms with Crippen LogP contribution < -0.4 is 0 Å². The van der Waals surface area contributed by atoms with Gasteiger partial charge in [0.1, 0.15) is 11.6 Å². The highest BCUT2D eigenvalue weighted by atomic mass is 19.1. The zero-order chi connectivity index (χ0) is 26.4. The van der Waals surface area contributed by atoms with Gasteiger partial charge in [-0.1, -0.05) is 24.3 Å². The number of rotatable bonds is 9. The van der Waals surface area contributed by atoms with E-state index in [2.05, 4.69) is 5.10 Å². The van der Waals surface area contributed by atoms with E-state index < -0.39 is 5.97 Å². The van der Waals surface area contributed by atoms with Crippen molar-refractivity contribution in [2.24, 2.45) is 0 Å². The van der Waals surface area contributed by atoms with Crippen molar-refractivity contribution >= 4 is 11.9 Å². The Morgan fingerprint density at radius 1 is 0.946 bits per heavy atom. The Labute approximate surface area is 214 Å². The molecule has 37 heavy (non-hydrogen) atoms. The molecule has 6 nitrogen and oxygen atoms in total. The number of carbonyl (C=O) groups excluding carboxylic acids is 2. The largest absolute Gasteiger partial charge is 0.462 e. The molecular formula is C29H27F2N3O3. The number of hydrogen-bond donors (Lipinski definition) is 0. The van der Waals surface area contributed by atoms with E-state index in [-0.39, 0.29) is 30.6 Å². The Morgan fingerprint density at radius 3 is 2.32 bits per heavy atom. The molecule has 0 aliphatic carbocycles. The van der Waals surface area contributed by atoms with Crippen LogP contribution in [0.15, 0.2) is 78.9 Å². The van der Waals surface area contributed by atoms with Gasteiger partial charge < -0.3 is 9.64 Å². The third-order valence-corrected chi connectivity index (χ3v) is 5.83. The molecule has 0 N–H and O–H groups in total. The molecule has 0 aliphatic heterocycles. The molecule has 0 spiro atoms. The number of halogens is 2. The highest BCUT2D eigenvalue weighted by Crippen LogP contribution is 2.26. The molecular weight excluding hydrogens is 476 g/mol. The fourth-order valence-corrected chi connectivity index (χ4v) is 3.98. The van der Waals surface area contributed by atoms with Gasteiger partial charge in [0.05, 0.1) is 29.2 Å². The van der Waals surface area contributed by atoms with Crippen molar-refractivity contribution in [3.05, 3.63) is 107 Å². The highest BCUT2D eigenvalue weighted by molar-refractivity contribution is 5.89. The van der Waals surface area contributed by atoms with Gasteiger partial charge in [-0.15, -0.1) is 0 Å². The van der Waals surface area contributed by atoms with Crippen molar-refractivity contribution < 1.29 is 23.1 Å². The zero-order valence-corrected chi connectivity index (χ0v) is 20.7. The minimum Gasteiger partial charge on any atom is -0.462 e. The molecule has 0 atom stereocenters. The number of esters is 1. The van der Waals surface area contributed by atoms with E-state index in [0.717, 1.165) is 0 Å². The first kappa shape index (κ1) is 25.8. The molecule has 4 aromatic rings. The van der Waals surface area contributed by atoms with E-state index in [0.29, 0.717) is 46.7 Å². The summed E-state index contributed by atoms with van der Waals surface area (Å²) in [5, 5.41) is 4.68. The van der Waals surface area contributed by atoms with Gasteiger partial charge in [-0.05, 0) is 67.1 Å². The predicted molar refractivity (Wildman–Crippen MR) is 136 cm³/mol. The monoisotopic (exact) mass is 503 g/mol. The Hall–Kier alpha value is -4.33. The van der Waals surface area contributed by atoms with Gasteiger partial charge >= 0.3 is 5.97 Å². The van der Waals surface area contributed by atoms with Gasteiger partial charge in [-0.25, -0.2) is 18.3 Å². The number of aromatic nitrogens is 2. The number of ether oxygens (including phenoxy) is 1. The molecule has 0 saturated carbocycles. The molecule has 0 bridgehead atoms. The molecule has 1 amide bonds. The summed E-state index contributed by atoms with van der Waals surface area (Å²) in [4.78, 5) is 26.3. The van der Waals surface area contributed by atoms with E-state index >= 15 is 0 Å². The molecule has 0 unspecified atom stereocenters. The summed E-state index contributed by atoms with van der Waals surface area (Å²) in [5.41, 5.74) is 3.73. The van der Waals surface area contributed by atoms with Crippen LogP contribution in [-0.4, -0.2) is 40.2 Å². The molecule has 1 aromatic heterocycles. The lowest BCUT2D eigenvalue weighted by Gasteiger charge is -2.17. The van der Waals surface area contributed by atoms with Crippen LogP contribution >= 0.6 is 0 Å². The van der Waals surface area contributed by atoms with Gasteiger partial charge in [0, 0.05) is 32.0 Å². The number of amides is 1. The van der Waals surface area contributed by atoms with Gasteiger partial charge in [0.25, 0.3) is 0 Å². The molecule has 0 aliphatic rings. The first-order chi connectivity index (χ1) is 17.8. The van der Waals surface area contributed by atoms with E-state index in [1.165, 1.54) is 24.3 Å². The highest BCUT2D eigenvalue weighted by Gasteiger charge is 2.16. The lowest BCUT2D eigenvalue weighted by atomic mass is 10.1. The summed E-state index contributed by atoms with van der Waals surface area (Å²) in [5.74, 6) is -1.24. The Kier molecular flexibility index (Phi) is 8.08. The lowest BCUT2D eigenvalue weighted by Crippen LogP contribution is -2.26. The quantitative estimate of drug-likeness (QED) is 0.280. The molecule has 0 fully saturated rings. The van der Waals surface area contributed by atoms with Crippen molar-refractivity contribution in [3.8, 4) is 16.9 Å². The first-order valence-corrected chi connectivity index (χ1v) is 11.9. The van der Waals surface area contributed by atoms with Crippen molar-refractivity contribution in [1.29, 1.82) is 0 Å². The van der Waals surface area contributed by atoms with Crippen molar-refractivity contribution in [2.75, 3.05) is 13.7 Å². The molecule has 0 radical (unpaired) electrons. The van der Waals surface area contributed by atoms with Gasteiger partial charge in [-0.3, -0.25) is 4.79 Å². The third-order valence-electron chi connectivity index (χ3n) is 5.83. The topological polar surface area (TPSA) is 64.4 Å². The first-order valence-electron chi connectivity index (χ1n) is 11.9. The third kappa shape index (κ3) is 6.46. The van der Waals surface area contributed by atoms with Crippen LogP contribution in [0.4, 0.5) is 8.78 Å². The number of nitrogens with zero attached hydrogens (tertiary/aromatic N) is 3. The molecule has 8 heteroatoms. The van der Waals surface area contributed by atoms with Crippen molar-refractivity contribution in [1.82, 2.24) is 14.7 Å². The summed E-state index contributed by atoms with van der Waals surface area (Å²) >= 11 is 0. The van der Waals surface area contributed by atoms with Crippen LogP contribution in [0, 0.1) is 11.6 Å². The van der Waals surface area contributed by atoms with Gasteiger partial charge in [0.15, 0.2) is 0 Å². The Bertz CT molecular complexity index is 1400. The predicted octanol–water partition coefficient (Wildman–Crippen LogP) is 5.59. The summed E-state index contributed by atoms with van der Waals surface area (Å²) in [7, 11) is 1.68. The zero-order valence-electron chi connectivity index (χ0n) is 20.7. The summed E-state index contributed by atoms with van der Waals surface area (Å²) in [6.07, 6.45) is 0.565. The van der Waals surface area contributed by atoms with Crippen LogP contribution in [0.25, 0.3) is 16.9 Å². The van der Waals surface area contributed by atoms with Crippen LogP contribution in [-0.2, 0) is 22.5 Å². The van der Waals surface area contributed by atoms with Crippen LogP contribution in [0.2, 0.25) is 0 Å². The number of carbonyl (C=O) groups is 2. The van der Waals surface area contributed by atoms with Gasteiger partial charge in [-0.2, -0.15) is 5.10 Å². The van der Waals surface area contributed by atoms with Crippen LogP contribution in [0.1, 0.15) is 35.0 Å². The molecule has 3 aromatic carbocycles. The van der Waals surface area contributed by atoms with Gasteiger partial charge in [0.2, 0.25) is 5.91 Å².